The van der Waals surface area contributed by atoms with Crippen molar-refractivity contribution in [3.05, 3.63) is 28.7 Å². The van der Waals surface area contributed by atoms with Crippen LogP contribution >= 0.6 is 0 Å². The standard InChI is InChI=1S/C13H19N5O/c1-5-10-17-12(14)7(2)13(18-10)15-6-11-16-8(3)9(4)19-11/h5-6H2,1-4H3,(H3,14,15,17,18). The maximum Gasteiger partial charge on any atom is 0.213 e. The Balaban J connectivity index is 2.17. The van der Waals surface area contributed by atoms with E-state index in [1.54, 1.807) is 0 Å². The minimum Gasteiger partial charge on any atom is -0.444 e. The summed E-state index contributed by atoms with van der Waals surface area (Å²) in [4.78, 5) is 13.0. The van der Waals surface area contributed by atoms with Gasteiger partial charge in [-0.2, -0.15) is 0 Å². The van der Waals surface area contributed by atoms with Crippen LogP contribution in [0, 0.1) is 20.8 Å². The third kappa shape index (κ3) is 2.83. The molecule has 2 aromatic heterocycles. The fourth-order valence-corrected chi connectivity index (χ4v) is 1.69. The molecule has 0 saturated carbocycles. The largest absolute Gasteiger partial charge is 0.444 e. The van der Waals surface area contributed by atoms with E-state index in [4.69, 9.17) is 10.2 Å². The molecule has 0 bridgehead atoms. The van der Waals surface area contributed by atoms with Crippen molar-refractivity contribution in [2.24, 2.45) is 0 Å². The number of rotatable bonds is 4. The van der Waals surface area contributed by atoms with Crippen molar-refractivity contribution in [3.8, 4) is 0 Å². The zero-order chi connectivity index (χ0) is 14.0. The van der Waals surface area contributed by atoms with Gasteiger partial charge in [-0.05, 0) is 20.8 Å². The molecule has 6 nitrogen and oxygen atoms in total. The molecule has 19 heavy (non-hydrogen) atoms. The van der Waals surface area contributed by atoms with Crippen LogP contribution in [0.4, 0.5) is 11.6 Å². The molecule has 0 aliphatic carbocycles. The average molecular weight is 261 g/mol. The van der Waals surface area contributed by atoms with Crippen molar-refractivity contribution in [3.63, 3.8) is 0 Å². The number of aryl methyl sites for hydroxylation is 3. The van der Waals surface area contributed by atoms with E-state index in [0.717, 1.165) is 35.1 Å². The smallest absolute Gasteiger partial charge is 0.213 e. The molecule has 0 aliphatic heterocycles. The van der Waals surface area contributed by atoms with Crippen LogP contribution in [0.5, 0.6) is 0 Å². The molecule has 0 saturated heterocycles. The van der Waals surface area contributed by atoms with Crippen LogP contribution in [0.1, 0.15) is 35.7 Å². The Hall–Kier alpha value is -2.11. The van der Waals surface area contributed by atoms with Crippen LogP contribution in [-0.2, 0) is 13.0 Å². The molecule has 102 valence electrons. The fourth-order valence-electron chi connectivity index (χ4n) is 1.69. The van der Waals surface area contributed by atoms with Crippen molar-refractivity contribution >= 4 is 11.6 Å². The number of nitrogens with one attached hydrogen (secondary N) is 1. The molecule has 0 aromatic carbocycles. The lowest BCUT2D eigenvalue weighted by Crippen LogP contribution is -2.09. The van der Waals surface area contributed by atoms with Gasteiger partial charge in [-0.25, -0.2) is 15.0 Å². The third-order valence-electron chi connectivity index (χ3n) is 3.03. The Morgan fingerprint density at radius 3 is 2.47 bits per heavy atom. The molecule has 2 heterocycles. The van der Waals surface area contributed by atoms with Crippen molar-refractivity contribution < 1.29 is 4.42 Å². The highest BCUT2D eigenvalue weighted by molar-refractivity contribution is 5.54. The highest BCUT2D eigenvalue weighted by Gasteiger charge is 2.10. The second-order valence-corrected chi connectivity index (χ2v) is 4.45. The fraction of sp³-hybridized carbons (Fsp3) is 0.462. The number of nitrogens with two attached hydrogens (primary N) is 1. The molecule has 0 spiro atoms. The van der Waals surface area contributed by atoms with Crippen LogP contribution in [-0.4, -0.2) is 15.0 Å². The van der Waals surface area contributed by atoms with E-state index < -0.39 is 0 Å². The number of oxazole rings is 1. The number of anilines is 2. The lowest BCUT2D eigenvalue weighted by atomic mass is 10.3. The summed E-state index contributed by atoms with van der Waals surface area (Å²) in [5, 5.41) is 3.20. The predicted molar refractivity (Wildman–Crippen MR) is 73.9 cm³/mol. The SMILES string of the molecule is CCc1nc(N)c(C)c(NCc2nc(C)c(C)o2)n1. The van der Waals surface area contributed by atoms with Gasteiger partial charge in [0.2, 0.25) is 5.89 Å². The molecule has 6 heteroatoms. The Morgan fingerprint density at radius 2 is 1.89 bits per heavy atom. The monoisotopic (exact) mass is 261 g/mol. The maximum atomic E-state index is 5.86. The third-order valence-corrected chi connectivity index (χ3v) is 3.03. The van der Waals surface area contributed by atoms with Gasteiger partial charge in [0.25, 0.3) is 0 Å². The Bertz CT molecular complexity index is 571. The average Bonchev–Trinajstić information content (AvgIpc) is 2.70. The van der Waals surface area contributed by atoms with E-state index in [1.807, 2.05) is 27.7 Å². The van der Waals surface area contributed by atoms with Gasteiger partial charge in [0.15, 0.2) is 0 Å². The van der Waals surface area contributed by atoms with Gasteiger partial charge in [-0.1, -0.05) is 6.92 Å². The summed E-state index contributed by atoms with van der Waals surface area (Å²) in [6.45, 7) is 8.19. The van der Waals surface area contributed by atoms with Crippen LogP contribution < -0.4 is 11.1 Å². The zero-order valence-electron chi connectivity index (χ0n) is 11.7. The molecule has 0 atom stereocenters. The van der Waals surface area contributed by atoms with E-state index in [-0.39, 0.29) is 0 Å². The van der Waals surface area contributed by atoms with Gasteiger partial charge in [0.1, 0.15) is 23.2 Å². The van der Waals surface area contributed by atoms with Crippen LogP contribution in [0.25, 0.3) is 0 Å². The molecule has 3 N–H and O–H groups in total. The number of nitrogens with zero attached hydrogens (tertiary/aromatic N) is 3. The molecule has 2 rings (SSSR count). The summed E-state index contributed by atoms with van der Waals surface area (Å²) < 4.78 is 5.51. The van der Waals surface area contributed by atoms with Crippen molar-refractivity contribution in [2.45, 2.75) is 40.7 Å². The number of nitrogen functional groups attached to an aromatic ring is 1. The zero-order valence-corrected chi connectivity index (χ0v) is 11.7. The van der Waals surface area contributed by atoms with Crippen LogP contribution in [0.2, 0.25) is 0 Å². The number of hydrogen-bond acceptors (Lipinski definition) is 6. The first-order valence-electron chi connectivity index (χ1n) is 6.31. The van der Waals surface area contributed by atoms with Gasteiger partial charge in [-0.15, -0.1) is 0 Å². The summed E-state index contributed by atoms with van der Waals surface area (Å²) in [6, 6.07) is 0. The summed E-state index contributed by atoms with van der Waals surface area (Å²) in [5.74, 6) is 3.45. The number of hydrogen-bond donors (Lipinski definition) is 2. The van der Waals surface area contributed by atoms with E-state index in [1.165, 1.54) is 0 Å². The highest BCUT2D eigenvalue weighted by Crippen LogP contribution is 2.18. The quantitative estimate of drug-likeness (QED) is 0.876. The molecule has 0 unspecified atom stereocenters. The van der Waals surface area contributed by atoms with Crippen molar-refractivity contribution in [2.75, 3.05) is 11.1 Å². The summed E-state index contributed by atoms with van der Waals surface area (Å²) in [6.07, 6.45) is 0.746. The first-order valence-corrected chi connectivity index (χ1v) is 6.31. The minimum absolute atomic E-state index is 0.481. The summed E-state index contributed by atoms with van der Waals surface area (Å²) >= 11 is 0. The lowest BCUT2D eigenvalue weighted by Gasteiger charge is -2.10. The van der Waals surface area contributed by atoms with Crippen LogP contribution in [0.15, 0.2) is 4.42 Å². The van der Waals surface area contributed by atoms with Crippen LogP contribution in [0.3, 0.4) is 0 Å². The van der Waals surface area contributed by atoms with E-state index >= 15 is 0 Å². The molecule has 0 radical (unpaired) electrons. The second-order valence-electron chi connectivity index (χ2n) is 4.45. The molecule has 0 fully saturated rings. The Labute approximate surface area is 112 Å². The minimum atomic E-state index is 0.481. The highest BCUT2D eigenvalue weighted by atomic mass is 16.4. The van der Waals surface area contributed by atoms with Gasteiger partial charge in [0.05, 0.1) is 12.2 Å². The topological polar surface area (TPSA) is 89.9 Å². The maximum absolute atomic E-state index is 5.86. The van der Waals surface area contributed by atoms with Gasteiger partial charge in [0, 0.05) is 12.0 Å². The first kappa shape index (κ1) is 13.3. The van der Waals surface area contributed by atoms with Gasteiger partial charge >= 0.3 is 0 Å². The van der Waals surface area contributed by atoms with Gasteiger partial charge in [-0.3, -0.25) is 0 Å². The van der Waals surface area contributed by atoms with E-state index in [2.05, 4.69) is 20.3 Å². The molecular formula is C13H19N5O. The Morgan fingerprint density at radius 1 is 1.16 bits per heavy atom. The first-order chi connectivity index (χ1) is 9.01. The summed E-state index contributed by atoms with van der Waals surface area (Å²) in [7, 11) is 0. The molecular weight excluding hydrogens is 242 g/mol. The number of aromatic nitrogens is 3. The molecule has 0 aliphatic rings. The molecule has 2 aromatic rings. The summed E-state index contributed by atoms with van der Waals surface area (Å²) in [5.41, 5.74) is 7.62. The normalized spacial score (nSPS) is 10.7. The van der Waals surface area contributed by atoms with Crippen molar-refractivity contribution in [1.82, 2.24) is 15.0 Å². The van der Waals surface area contributed by atoms with Gasteiger partial charge < -0.3 is 15.5 Å². The van der Waals surface area contributed by atoms with E-state index in [0.29, 0.717) is 18.3 Å². The van der Waals surface area contributed by atoms with E-state index in [9.17, 15) is 0 Å². The second kappa shape index (κ2) is 5.26. The Kier molecular flexibility index (Phi) is 3.69. The lowest BCUT2D eigenvalue weighted by molar-refractivity contribution is 0.478. The van der Waals surface area contributed by atoms with Crippen molar-refractivity contribution in [1.29, 1.82) is 0 Å². The molecule has 0 amide bonds. The predicted octanol–water partition coefficient (Wildman–Crippen LogP) is 2.15.